The molecule has 1 fully saturated rings. The van der Waals surface area contributed by atoms with E-state index in [1.807, 2.05) is 18.2 Å². The van der Waals surface area contributed by atoms with Crippen molar-refractivity contribution in [2.24, 2.45) is 16.3 Å². The molecule has 0 radical (unpaired) electrons. The Labute approximate surface area is 185 Å². The Balaban J connectivity index is 1.34. The number of H-pyrrole nitrogens is 1. The molecule has 1 aliphatic heterocycles. The van der Waals surface area contributed by atoms with Crippen molar-refractivity contribution >= 4 is 28.2 Å². The first-order valence-corrected chi connectivity index (χ1v) is 10.9. The number of ether oxygens (including phenoxy) is 3. The fraction of sp³-hybridized carbons (Fsp3) is 0.400. The highest BCUT2D eigenvalue weighted by Gasteiger charge is 2.67. The van der Waals surface area contributed by atoms with E-state index in [1.165, 1.54) is 5.57 Å². The average Bonchev–Trinajstić information content (AvgIpc) is 3.20. The van der Waals surface area contributed by atoms with Crippen LogP contribution in [0.4, 0.5) is 0 Å². The van der Waals surface area contributed by atoms with Crippen molar-refractivity contribution < 1.29 is 23.8 Å². The summed E-state index contributed by atoms with van der Waals surface area (Å²) in [4.78, 5) is 34.1. The predicted molar refractivity (Wildman–Crippen MR) is 119 cm³/mol. The summed E-state index contributed by atoms with van der Waals surface area (Å²) >= 11 is 0. The lowest BCUT2D eigenvalue weighted by atomic mass is 9.75. The third-order valence-corrected chi connectivity index (χ3v) is 7.57. The van der Waals surface area contributed by atoms with Crippen molar-refractivity contribution in [3.63, 3.8) is 0 Å². The molecule has 2 aromatic rings. The first kappa shape index (κ1) is 19.3. The molecule has 1 aromatic carbocycles. The summed E-state index contributed by atoms with van der Waals surface area (Å²) in [5.74, 6) is 1.80. The van der Waals surface area contributed by atoms with Crippen LogP contribution in [0.25, 0.3) is 10.9 Å². The fourth-order valence-corrected chi connectivity index (χ4v) is 5.88. The molecule has 0 saturated heterocycles. The number of hydrogen-bond donors (Lipinski definition) is 1. The van der Waals surface area contributed by atoms with E-state index < -0.39 is 6.04 Å². The topological polar surface area (TPSA) is 90.0 Å². The highest BCUT2D eigenvalue weighted by Crippen LogP contribution is 2.67. The van der Waals surface area contributed by atoms with E-state index in [0.29, 0.717) is 28.5 Å². The molecule has 3 atom stereocenters. The van der Waals surface area contributed by atoms with Crippen LogP contribution < -0.4 is 14.2 Å². The zero-order valence-corrected chi connectivity index (χ0v) is 18.3. The molecular weight excluding hydrogens is 408 g/mol. The van der Waals surface area contributed by atoms with Gasteiger partial charge in [-0.2, -0.15) is 0 Å². The van der Waals surface area contributed by atoms with Crippen LogP contribution in [0.5, 0.6) is 17.2 Å². The van der Waals surface area contributed by atoms with Crippen LogP contribution in [0.15, 0.2) is 40.4 Å². The summed E-state index contributed by atoms with van der Waals surface area (Å²) in [6, 6.07) is 3.26. The van der Waals surface area contributed by atoms with Gasteiger partial charge in [0.1, 0.15) is 6.04 Å². The molecule has 32 heavy (non-hydrogen) atoms. The molecular formula is C25H24N2O5. The van der Waals surface area contributed by atoms with E-state index in [9.17, 15) is 9.59 Å². The molecule has 7 nitrogen and oxygen atoms in total. The highest BCUT2D eigenvalue weighted by molar-refractivity contribution is 6.13. The number of fused-ring (bicyclic) bond motifs is 1. The molecule has 0 bridgehead atoms. The van der Waals surface area contributed by atoms with Crippen LogP contribution >= 0.6 is 0 Å². The van der Waals surface area contributed by atoms with Gasteiger partial charge in [-0.05, 0) is 37.5 Å². The Morgan fingerprint density at radius 3 is 2.72 bits per heavy atom. The van der Waals surface area contributed by atoms with Crippen LogP contribution in [0.1, 0.15) is 36.2 Å². The van der Waals surface area contributed by atoms with Gasteiger partial charge in [-0.1, -0.05) is 11.6 Å². The number of rotatable bonds is 5. The average molecular weight is 432 g/mol. The smallest absolute Gasteiger partial charge is 0.205 e. The number of methoxy groups -OCH3 is 3. The second kappa shape index (κ2) is 6.58. The first-order chi connectivity index (χ1) is 15.5. The highest BCUT2D eigenvalue weighted by atomic mass is 16.5. The maximum absolute atomic E-state index is 13.5. The lowest BCUT2D eigenvalue weighted by Gasteiger charge is -2.28. The van der Waals surface area contributed by atoms with Gasteiger partial charge in [-0.3, -0.25) is 14.6 Å². The molecule has 1 N–H and O–H groups in total. The summed E-state index contributed by atoms with van der Waals surface area (Å²) in [6.45, 7) is 0. The van der Waals surface area contributed by atoms with Crippen molar-refractivity contribution in [1.82, 2.24) is 4.98 Å². The van der Waals surface area contributed by atoms with Gasteiger partial charge in [-0.25, -0.2) is 0 Å². The number of aliphatic imine (C=N–C) groups is 1. The standard InChI is InChI=1S/C25H24N2O5/c1-30-18-8-13-7-16(26-20(13)24(32-3)23(18)31-2)22(29)21-15-11-25(15)10-14-12(9-19(25)27-21)5-4-6-17(14)28/h4,6-8,15,21,26H,5,9-11H2,1-3H3. The third-order valence-electron chi connectivity index (χ3n) is 7.57. The Hall–Kier alpha value is -3.35. The van der Waals surface area contributed by atoms with Gasteiger partial charge in [0.25, 0.3) is 0 Å². The van der Waals surface area contributed by atoms with Crippen LogP contribution in [0.3, 0.4) is 0 Å². The van der Waals surface area contributed by atoms with Gasteiger partial charge >= 0.3 is 0 Å². The summed E-state index contributed by atoms with van der Waals surface area (Å²) in [5.41, 5.74) is 4.34. The van der Waals surface area contributed by atoms with E-state index in [4.69, 9.17) is 19.2 Å². The second-order valence-corrected chi connectivity index (χ2v) is 9.05. The number of ketones is 2. The second-order valence-electron chi connectivity index (χ2n) is 9.05. The predicted octanol–water partition coefficient (Wildman–Crippen LogP) is 3.83. The zero-order valence-electron chi connectivity index (χ0n) is 18.3. The van der Waals surface area contributed by atoms with Crippen molar-refractivity contribution in [3.05, 3.63) is 41.1 Å². The number of aromatic nitrogens is 1. The Morgan fingerprint density at radius 2 is 1.97 bits per heavy atom. The summed E-state index contributed by atoms with van der Waals surface area (Å²) in [5, 5.41) is 0.810. The number of Topliss-reactive ketones (excluding diaryl/α,β-unsaturated/α-hetero) is 1. The van der Waals surface area contributed by atoms with E-state index in [1.54, 1.807) is 27.4 Å². The number of carbonyl (C=O) groups is 2. The van der Waals surface area contributed by atoms with Crippen molar-refractivity contribution in [3.8, 4) is 17.2 Å². The van der Waals surface area contributed by atoms with Gasteiger partial charge in [0.15, 0.2) is 17.3 Å². The van der Waals surface area contributed by atoms with E-state index in [0.717, 1.165) is 42.4 Å². The molecule has 1 spiro atoms. The lowest BCUT2D eigenvalue weighted by Crippen LogP contribution is -2.26. The Bertz CT molecular complexity index is 1300. The minimum atomic E-state index is -0.405. The number of nitrogens with zero attached hydrogens (tertiary/aromatic N) is 1. The van der Waals surface area contributed by atoms with Crippen molar-refractivity contribution in [1.29, 1.82) is 0 Å². The van der Waals surface area contributed by atoms with E-state index >= 15 is 0 Å². The summed E-state index contributed by atoms with van der Waals surface area (Å²) < 4.78 is 16.5. The molecule has 4 aliphatic rings. The number of hydrogen-bond acceptors (Lipinski definition) is 6. The Morgan fingerprint density at radius 1 is 1.16 bits per heavy atom. The molecule has 164 valence electrons. The SMILES string of the molecule is COc1cc2cc(C(=O)C3N=C4CC5=C(CC46CC36)C(=O)C=CC5)[nH]c2c(OC)c1OC. The van der Waals surface area contributed by atoms with E-state index in [2.05, 4.69) is 4.98 Å². The normalized spacial score (nSPS) is 27.6. The number of aromatic amines is 1. The molecule has 3 aliphatic carbocycles. The summed E-state index contributed by atoms with van der Waals surface area (Å²) in [7, 11) is 4.68. The maximum Gasteiger partial charge on any atom is 0.205 e. The molecule has 7 heteroatoms. The van der Waals surface area contributed by atoms with Crippen molar-refractivity contribution in [2.45, 2.75) is 31.7 Å². The molecule has 2 heterocycles. The Kier molecular flexibility index (Phi) is 3.97. The van der Waals surface area contributed by atoms with Gasteiger partial charge < -0.3 is 19.2 Å². The maximum atomic E-state index is 13.5. The summed E-state index contributed by atoms with van der Waals surface area (Å²) in [6.07, 6.45) is 6.82. The number of nitrogens with one attached hydrogen (secondary N) is 1. The van der Waals surface area contributed by atoms with Crippen LogP contribution in [0, 0.1) is 11.3 Å². The monoisotopic (exact) mass is 432 g/mol. The zero-order chi connectivity index (χ0) is 22.2. The molecule has 6 rings (SSSR count). The van der Waals surface area contributed by atoms with Gasteiger partial charge in [0.2, 0.25) is 11.5 Å². The van der Waals surface area contributed by atoms with Crippen LogP contribution in [0.2, 0.25) is 0 Å². The number of carbonyl (C=O) groups excluding carboxylic acids is 2. The largest absolute Gasteiger partial charge is 0.493 e. The minimum absolute atomic E-state index is 0.0209. The van der Waals surface area contributed by atoms with E-state index in [-0.39, 0.29) is 22.9 Å². The van der Waals surface area contributed by atoms with Crippen molar-refractivity contribution in [2.75, 3.05) is 21.3 Å². The van der Waals surface area contributed by atoms with Crippen LogP contribution in [-0.2, 0) is 4.79 Å². The lowest BCUT2D eigenvalue weighted by molar-refractivity contribution is -0.111. The van der Waals surface area contributed by atoms with Gasteiger partial charge in [0.05, 0.1) is 32.5 Å². The molecule has 1 saturated carbocycles. The molecule has 0 amide bonds. The third kappa shape index (κ3) is 2.45. The van der Waals surface area contributed by atoms with Crippen LogP contribution in [-0.4, -0.2) is 49.6 Å². The minimum Gasteiger partial charge on any atom is -0.493 e. The van der Waals surface area contributed by atoms with Gasteiger partial charge in [0, 0.05) is 34.4 Å². The number of allylic oxidation sites excluding steroid dienone is 4. The molecule has 1 aromatic heterocycles. The first-order valence-electron chi connectivity index (χ1n) is 10.9. The quantitative estimate of drug-likeness (QED) is 0.726. The fourth-order valence-electron chi connectivity index (χ4n) is 5.88. The van der Waals surface area contributed by atoms with Gasteiger partial charge in [-0.15, -0.1) is 0 Å². The molecule has 3 unspecified atom stereocenters. The number of benzene rings is 1.